The summed E-state index contributed by atoms with van der Waals surface area (Å²) >= 11 is -2.21. The molecule has 0 spiro atoms. The summed E-state index contributed by atoms with van der Waals surface area (Å²) in [5.74, 6) is -2.79. The van der Waals surface area contributed by atoms with Gasteiger partial charge < -0.3 is 9.29 Å². The molecule has 0 radical (unpaired) electrons. The van der Waals surface area contributed by atoms with Gasteiger partial charge in [-0.2, -0.15) is 0 Å². The Balaban J connectivity index is 2.95. The van der Waals surface area contributed by atoms with Crippen molar-refractivity contribution in [3.63, 3.8) is 0 Å². The number of carbonyl (C=O) groups excluding carboxylic acids is 3. The number of methoxy groups -OCH3 is 1. The Bertz CT molecular complexity index is 622. The smallest absolute Gasteiger partial charge is 0.316 e. The molecule has 0 aliphatic rings. The van der Waals surface area contributed by atoms with Crippen LogP contribution < -0.4 is 0 Å². The van der Waals surface area contributed by atoms with Gasteiger partial charge in [-0.15, -0.1) is 0 Å². The first-order valence-electron chi connectivity index (χ1n) is 6.53. The van der Waals surface area contributed by atoms with Gasteiger partial charge in [-0.1, -0.05) is 29.3 Å². The largest absolute Gasteiger partial charge is 0.772 e. The first-order valence-corrected chi connectivity index (χ1v) is 7.77. The molecule has 0 bridgehead atoms. The molecule has 1 rings (SSSR count). The number of Topliss-reactive ketones (excluding diaryl/α,β-unsaturated/α-hetero) is 2. The number of benzene rings is 1. The van der Waals surface area contributed by atoms with Gasteiger partial charge in [0.2, 0.25) is 0 Å². The second-order valence-electron chi connectivity index (χ2n) is 4.91. The van der Waals surface area contributed by atoms with Gasteiger partial charge in [-0.25, -0.2) is 0 Å². The van der Waals surface area contributed by atoms with Gasteiger partial charge >= 0.3 is 5.97 Å². The first-order chi connectivity index (χ1) is 10.3. The Labute approximate surface area is 131 Å². The lowest BCUT2D eigenvalue weighted by atomic mass is 9.93. The van der Waals surface area contributed by atoms with E-state index in [0.717, 1.165) is 7.11 Å². The molecule has 2 atom stereocenters. The lowest BCUT2D eigenvalue weighted by molar-refractivity contribution is -0.148. The average molecular weight is 325 g/mol. The third-order valence-electron chi connectivity index (χ3n) is 3.24. The summed E-state index contributed by atoms with van der Waals surface area (Å²) in [6.45, 7) is 2.90. The topological polar surface area (TPSA) is 101 Å². The van der Waals surface area contributed by atoms with E-state index in [2.05, 4.69) is 4.74 Å². The quantitative estimate of drug-likeness (QED) is 0.324. The number of ether oxygens (including phenoxy) is 1. The van der Waals surface area contributed by atoms with Crippen LogP contribution in [0.2, 0.25) is 0 Å². The fourth-order valence-corrected chi connectivity index (χ4v) is 2.55. The summed E-state index contributed by atoms with van der Waals surface area (Å²) in [6, 6.07) is 4.65. The van der Waals surface area contributed by atoms with E-state index in [-0.39, 0.29) is 18.0 Å². The maximum Gasteiger partial charge on any atom is 0.316 e. The molecule has 2 unspecified atom stereocenters. The zero-order chi connectivity index (χ0) is 16.9. The highest BCUT2D eigenvalue weighted by Crippen LogP contribution is 2.18. The van der Waals surface area contributed by atoms with Gasteiger partial charge in [0.1, 0.15) is 11.7 Å². The van der Waals surface area contributed by atoms with Gasteiger partial charge in [0.25, 0.3) is 0 Å². The van der Waals surface area contributed by atoms with Crippen LogP contribution in [0, 0.1) is 12.8 Å². The fourth-order valence-electron chi connectivity index (χ4n) is 2.10. The molecule has 0 N–H and O–H groups in total. The monoisotopic (exact) mass is 325 g/mol. The van der Waals surface area contributed by atoms with Crippen molar-refractivity contribution in [2.75, 3.05) is 7.11 Å². The van der Waals surface area contributed by atoms with Crippen LogP contribution in [0.5, 0.6) is 0 Å². The van der Waals surface area contributed by atoms with Crippen LogP contribution >= 0.6 is 0 Å². The lowest BCUT2D eigenvalue weighted by Gasteiger charge is -2.13. The van der Waals surface area contributed by atoms with Crippen LogP contribution in [0.25, 0.3) is 0 Å². The Morgan fingerprint density at radius 2 is 1.95 bits per heavy atom. The van der Waals surface area contributed by atoms with Crippen molar-refractivity contribution in [1.29, 1.82) is 0 Å². The van der Waals surface area contributed by atoms with E-state index in [1.165, 1.54) is 19.1 Å². The molecule has 22 heavy (non-hydrogen) atoms. The second kappa shape index (κ2) is 7.95. The average Bonchev–Trinajstić information content (AvgIpc) is 2.42. The molecule has 0 aromatic heterocycles. The number of hydrogen-bond donors (Lipinski definition) is 0. The van der Waals surface area contributed by atoms with E-state index in [4.69, 9.17) is 0 Å². The molecular formula is C15H17O6S-. The van der Waals surface area contributed by atoms with Crippen LogP contribution in [-0.2, 0) is 31.2 Å². The predicted molar refractivity (Wildman–Crippen MR) is 78.9 cm³/mol. The van der Waals surface area contributed by atoms with Crippen molar-refractivity contribution < 1.29 is 27.9 Å². The predicted octanol–water partition coefficient (Wildman–Crippen LogP) is 1.33. The Hall–Kier alpha value is -1.86. The van der Waals surface area contributed by atoms with E-state index in [1.54, 1.807) is 13.0 Å². The number of ketones is 2. The maximum atomic E-state index is 12.3. The van der Waals surface area contributed by atoms with Gasteiger partial charge in [-0.3, -0.25) is 18.6 Å². The second-order valence-corrected chi connectivity index (χ2v) is 5.81. The van der Waals surface area contributed by atoms with Crippen molar-refractivity contribution in [2.24, 2.45) is 5.92 Å². The summed E-state index contributed by atoms with van der Waals surface area (Å²) < 4.78 is 25.9. The van der Waals surface area contributed by atoms with Crippen LogP contribution in [0.3, 0.4) is 0 Å². The van der Waals surface area contributed by atoms with Crippen LogP contribution in [0.15, 0.2) is 18.2 Å². The Kier molecular flexibility index (Phi) is 6.58. The van der Waals surface area contributed by atoms with Gasteiger partial charge in [0, 0.05) is 17.7 Å². The minimum atomic E-state index is -2.21. The number of esters is 1. The Morgan fingerprint density at radius 1 is 1.32 bits per heavy atom. The zero-order valence-corrected chi connectivity index (χ0v) is 13.4. The summed E-state index contributed by atoms with van der Waals surface area (Å²) in [6.07, 6.45) is -0.268. The highest BCUT2D eigenvalue weighted by Gasteiger charge is 2.28. The molecule has 7 heteroatoms. The van der Waals surface area contributed by atoms with Crippen LogP contribution in [0.4, 0.5) is 0 Å². The van der Waals surface area contributed by atoms with Gasteiger partial charge in [-0.05, 0) is 25.0 Å². The highest BCUT2D eigenvalue weighted by molar-refractivity contribution is 7.78. The van der Waals surface area contributed by atoms with Crippen LogP contribution in [-0.4, -0.2) is 33.4 Å². The first kappa shape index (κ1) is 18.2. The molecule has 1 aromatic carbocycles. The molecule has 0 aliphatic heterocycles. The normalized spacial score (nSPS) is 13.3. The molecule has 0 aliphatic carbocycles. The summed E-state index contributed by atoms with van der Waals surface area (Å²) in [7, 11) is 1.16. The number of carbonyl (C=O) groups is 3. The minimum absolute atomic E-state index is 0.131. The number of hydrogen-bond acceptors (Lipinski definition) is 6. The zero-order valence-electron chi connectivity index (χ0n) is 12.6. The van der Waals surface area contributed by atoms with E-state index in [9.17, 15) is 23.1 Å². The highest BCUT2D eigenvalue weighted by atomic mass is 32.2. The van der Waals surface area contributed by atoms with Crippen molar-refractivity contribution in [3.05, 3.63) is 34.9 Å². The van der Waals surface area contributed by atoms with E-state index in [0.29, 0.717) is 16.7 Å². The van der Waals surface area contributed by atoms with Gasteiger partial charge in [0.15, 0.2) is 5.78 Å². The molecule has 0 fully saturated rings. The van der Waals surface area contributed by atoms with E-state index in [1.807, 2.05) is 0 Å². The lowest BCUT2D eigenvalue weighted by Crippen LogP contribution is -2.26. The van der Waals surface area contributed by atoms with Crippen molar-refractivity contribution >= 4 is 28.6 Å². The molecule has 6 nitrogen and oxygen atoms in total. The molecule has 1 aromatic rings. The third-order valence-corrected chi connectivity index (χ3v) is 3.81. The van der Waals surface area contributed by atoms with Crippen molar-refractivity contribution in [2.45, 2.75) is 26.0 Å². The maximum absolute atomic E-state index is 12.3. The molecule has 0 saturated heterocycles. The number of rotatable bonds is 7. The van der Waals surface area contributed by atoms with E-state index >= 15 is 0 Å². The standard InChI is InChI=1S/C15H18O6S/c1-9-6-11(8-22(19)20)4-5-12(9)14(17)7-13(10(2)16)15(18)21-3/h4-6,13H,7-8H2,1-3H3,(H,19,20)/p-1. The van der Waals surface area contributed by atoms with Crippen molar-refractivity contribution in [1.82, 2.24) is 0 Å². The molecule has 0 heterocycles. The third kappa shape index (κ3) is 4.85. The van der Waals surface area contributed by atoms with Crippen LogP contribution in [0.1, 0.15) is 34.8 Å². The molecule has 120 valence electrons. The molecule has 0 saturated carbocycles. The Morgan fingerprint density at radius 3 is 2.41 bits per heavy atom. The molecule has 0 amide bonds. The minimum Gasteiger partial charge on any atom is -0.772 e. The summed E-state index contributed by atoms with van der Waals surface area (Å²) in [5.41, 5.74) is 1.52. The fraction of sp³-hybridized carbons (Fsp3) is 0.400. The summed E-state index contributed by atoms with van der Waals surface area (Å²) in [4.78, 5) is 35.2. The van der Waals surface area contributed by atoms with Crippen molar-refractivity contribution in [3.8, 4) is 0 Å². The molecular weight excluding hydrogens is 308 g/mol. The SMILES string of the molecule is COC(=O)C(CC(=O)c1ccc(CS(=O)[O-])cc1C)C(C)=O. The van der Waals surface area contributed by atoms with E-state index < -0.39 is 28.8 Å². The van der Waals surface area contributed by atoms with Gasteiger partial charge in [0.05, 0.1) is 7.11 Å². The summed E-state index contributed by atoms with van der Waals surface area (Å²) in [5, 5.41) is 0. The number of aryl methyl sites for hydroxylation is 1.